The van der Waals surface area contributed by atoms with E-state index in [2.05, 4.69) is 4.74 Å². The van der Waals surface area contributed by atoms with Crippen molar-refractivity contribution in [3.63, 3.8) is 0 Å². The van der Waals surface area contributed by atoms with Gasteiger partial charge in [0.15, 0.2) is 0 Å². The number of ether oxygens (including phenoxy) is 1. The molecule has 6 nitrogen and oxygen atoms in total. The van der Waals surface area contributed by atoms with E-state index >= 15 is 0 Å². The van der Waals surface area contributed by atoms with Crippen LogP contribution >= 0.6 is 11.3 Å². The molecule has 7 heteroatoms. The summed E-state index contributed by atoms with van der Waals surface area (Å²) in [6, 6.07) is 0. The summed E-state index contributed by atoms with van der Waals surface area (Å²) in [6.07, 6.45) is 0. The molecule has 1 amide bonds. The largest absolute Gasteiger partial charge is 0.468 e. The van der Waals surface area contributed by atoms with Gasteiger partial charge in [0, 0.05) is 17.6 Å². The summed E-state index contributed by atoms with van der Waals surface area (Å²) in [5.41, 5.74) is 0.743. The molecule has 0 radical (unpaired) electrons. The second-order valence-electron chi connectivity index (χ2n) is 3.71. The molecule has 1 aromatic heterocycles. The first-order valence-corrected chi connectivity index (χ1v) is 6.37. The number of aromatic nitrogens is 1. The molecule has 100 valence electrons. The number of rotatable bonds is 5. The summed E-state index contributed by atoms with van der Waals surface area (Å²) < 4.78 is 5.91. The topological polar surface area (TPSA) is 68.6 Å². The van der Waals surface area contributed by atoms with Crippen molar-refractivity contribution in [3.05, 3.63) is 20.7 Å². The van der Waals surface area contributed by atoms with Crippen molar-refractivity contribution >= 4 is 23.2 Å². The number of thiazole rings is 1. The third kappa shape index (κ3) is 3.43. The molecule has 18 heavy (non-hydrogen) atoms. The smallest absolute Gasteiger partial charge is 0.325 e. The lowest BCUT2D eigenvalue weighted by Crippen LogP contribution is -2.39. The van der Waals surface area contributed by atoms with Crippen LogP contribution in [0.15, 0.2) is 10.2 Å². The summed E-state index contributed by atoms with van der Waals surface area (Å²) in [5.74, 6) is -0.744. The first-order chi connectivity index (χ1) is 8.49. The fourth-order valence-electron chi connectivity index (χ4n) is 1.43. The Bertz CT molecular complexity index is 491. The highest BCUT2D eigenvalue weighted by Gasteiger charge is 2.17. The maximum Gasteiger partial charge on any atom is 0.325 e. The number of nitrogens with zero attached hydrogens (tertiary/aromatic N) is 2. The summed E-state index contributed by atoms with van der Waals surface area (Å²) in [5, 5.41) is 1.70. The number of amides is 1. The van der Waals surface area contributed by atoms with E-state index in [4.69, 9.17) is 0 Å². The van der Waals surface area contributed by atoms with Gasteiger partial charge in [-0.1, -0.05) is 11.3 Å². The highest BCUT2D eigenvalue weighted by atomic mass is 32.1. The Morgan fingerprint density at radius 1 is 1.50 bits per heavy atom. The van der Waals surface area contributed by atoms with E-state index in [0.717, 1.165) is 17.0 Å². The van der Waals surface area contributed by atoms with Gasteiger partial charge in [-0.05, 0) is 13.8 Å². The molecule has 1 heterocycles. The van der Waals surface area contributed by atoms with Crippen LogP contribution in [0.1, 0.15) is 12.6 Å². The van der Waals surface area contributed by atoms with E-state index in [9.17, 15) is 14.4 Å². The Hall–Kier alpha value is -1.63. The summed E-state index contributed by atoms with van der Waals surface area (Å²) in [4.78, 5) is 35.8. The molecule has 0 spiro atoms. The van der Waals surface area contributed by atoms with Crippen LogP contribution in [-0.2, 0) is 20.9 Å². The Balaban J connectivity index is 2.74. The Labute approximate surface area is 109 Å². The third-order valence-electron chi connectivity index (χ3n) is 2.55. The van der Waals surface area contributed by atoms with Crippen molar-refractivity contribution < 1.29 is 14.3 Å². The number of carbonyl (C=O) groups excluding carboxylic acids is 2. The van der Waals surface area contributed by atoms with Crippen molar-refractivity contribution in [3.8, 4) is 0 Å². The van der Waals surface area contributed by atoms with Crippen LogP contribution in [0.25, 0.3) is 0 Å². The van der Waals surface area contributed by atoms with Crippen LogP contribution in [0.2, 0.25) is 0 Å². The fraction of sp³-hybridized carbons (Fsp3) is 0.545. The van der Waals surface area contributed by atoms with Gasteiger partial charge >= 0.3 is 10.8 Å². The van der Waals surface area contributed by atoms with Crippen LogP contribution in [0.3, 0.4) is 0 Å². The average Bonchev–Trinajstić information content (AvgIpc) is 2.67. The molecule has 1 aromatic rings. The van der Waals surface area contributed by atoms with Gasteiger partial charge in [-0.15, -0.1) is 0 Å². The number of hydrogen-bond donors (Lipinski definition) is 0. The van der Waals surface area contributed by atoms with Crippen molar-refractivity contribution in [2.45, 2.75) is 20.4 Å². The zero-order valence-electron chi connectivity index (χ0n) is 10.6. The molecule has 0 fully saturated rings. The lowest BCUT2D eigenvalue weighted by Gasteiger charge is -2.19. The van der Waals surface area contributed by atoms with Crippen LogP contribution in [0, 0.1) is 6.92 Å². The van der Waals surface area contributed by atoms with Crippen molar-refractivity contribution in [1.29, 1.82) is 0 Å². The van der Waals surface area contributed by atoms with Gasteiger partial charge in [0.1, 0.15) is 13.1 Å². The van der Waals surface area contributed by atoms with Gasteiger partial charge in [-0.3, -0.25) is 19.0 Å². The molecule has 0 aliphatic rings. The lowest BCUT2D eigenvalue weighted by atomic mass is 10.4. The maximum atomic E-state index is 12.0. The lowest BCUT2D eigenvalue weighted by molar-refractivity contribution is -0.147. The van der Waals surface area contributed by atoms with Gasteiger partial charge in [0.2, 0.25) is 5.91 Å². The van der Waals surface area contributed by atoms with E-state index in [1.807, 2.05) is 0 Å². The summed E-state index contributed by atoms with van der Waals surface area (Å²) in [7, 11) is 1.27. The number of aryl methyl sites for hydroxylation is 1. The number of carbonyl (C=O) groups is 2. The minimum Gasteiger partial charge on any atom is -0.468 e. The maximum absolute atomic E-state index is 12.0. The molecule has 0 bridgehead atoms. The molecular formula is C11H16N2O4S. The van der Waals surface area contributed by atoms with E-state index in [1.165, 1.54) is 16.6 Å². The van der Waals surface area contributed by atoms with E-state index in [-0.39, 0.29) is 23.9 Å². The number of hydrogen-bond acceptors (Lipinski definition) is 5. The van der Waals surface area contributed by atoms with Crippen LogP contribution < -0.4 is 4.87 Å². The predicted molar refractivity (Wildman–Crippen MR) is 67.6 cm³/mol. The van der Waals surface area contributed by atoms with Gasteiger partial charge in [-0.2, -0.15) is 0 Å². The van der Waals surface area contributed by atoms with Crippen molar-refractivity contribution in [2.75, 3.05) is 20.2 Å². The molecule has 0 saturated heterocycles. The standard InChI is InChI=1S/C11H16N2O4S/c1-4-12(6-10(15)17-3)9(14)5-13-8(2)7-18-11(13)16/h7H,4-6H2,1-3H3. The minimum atomic E-state index is -0.473. The fourth-order valence-corrected chi connectivity index (χ4v) is 2.16. The summed E-state index contributed by atoms with van der Waals surface area (Å²) >= 11 is 1.06. The van der Waals surface area contributed by atoms with Crippen LogP contribution in [0.5, 0.6) is 0 Å². The van der Waals surface area contributed by atoms with Gasteiger partial charge in [0.05, 0.1) is 7.11 Å². The zero-order chi connectivity index (χ0) is 13.7. The van der Waals surface area contributed by atoms with Crippen LogP contribution in [0.4, 0.5) is 0 Å². The highest BCUT2D eigenvalue weighted by molar-refractivity contribution is 7.07. The minimum absolute atomic E-state index is 0.0427. The first kappa shape index (κ1) is 14.4. The molecule has 0 N–H and O–H groups in total. The SMILES string of the molecule is CCN(CC(=O)OC)C(=O)Cn1c(C)csc1=O. The van der Waals surface area contributed by atoms with Crippen LogP contribution in [-0.4, -0.2) is 41.5 Å². The van der Waals surface area contributed by atoms with Gasteiger partial charge in [0.25, 0.3) is 0 Å². The quantitative estimate of drug-likeness (QED) is 0.720. The zero-order valence-corrected chi connectivity index (χ0v) is 11.5. The number of methoxy groups -OCH3 is 1. The second-order valence-corrected chi connectivity index (χ2v) is 4.53. The van der Waals surface area contributed by atoms with Gasteiger partial charge in [-0.25, -0.2) is 0 Å². The average molecular weight is 272 g/mol. The molecule has 0 aromatic carbocycles. The van der Waals surface area contributed by atoms with Gasteiger partial charge < -0.3 is 9.64 Å². The molecule has 0 unspecified atom stereocenters. The van der Waals surface area contributed by atoms with E-state index in [1.54, 1.807) is 19.2 Å². The highest BCUT2D eigenvalue weighted by Crippen LogP contribution is 2.01. The van der Waals surface area contributed by atoms with E-state index < -0.39 is 5.97 Å². The molecule has 0 aliphatic heterocycles. The molecular weight excluding hydrogens is 256 g/mol. The van der Waals surface area contributed by atoms with E-state index in [0.29, 0.717) is 6.54 Å². The Kier molecular flexibility index (Phi) is 5.08. The van der Waals surface area contributed by atoms with Crippen molar-refractivity contribution in [2.24, 2.45) is 0 Å². The molecule has 0 atom stereocenters. The number of esters is 1. The monoisotopic (exact) mass is 272 g/mol. The summed E-state index contributed by atoms with van der Waals surface area (Å²) in [6.45, 7) is 3.79. The predicted octanol–water partition coefficient (Wildman–Crippen LogP) is 0.240. The number of likely N-dealkylation sites (N-methyl/N-ethyl adjacent to an activating group) is 1. The third-order valence-corrected chi connectivity index (χ3v) is 3.43. The molecule has 0 aliphatic carbocycles. The second kappa shape index (κ2) is 6.34. The Morgan fingerprint density at radius 3 is 2.61 bits per heavy atom. The van der Waals surface area contributed by atoms with Crippen molar-refractivity contribution in [1.82, 2.24) is 9.47 Å². The first-order valence-electron chi connectivity index (χ1n) is 5.49. The normalized spacial score (nSPS) is 10.2. The molecule has 0 saturated carbocycles. The molecule has 1 rings (SSSR count). The Morgan fingerprint density at radius 2 is 2.17 bits per heavy atom.